The minimum atomic E-state index is -0.232. The normalized spacial score (nSPS) is 9.50. The maximum Gasteiger partial charge on any atom is 0.243 e. The predicted molar refractivity (Wildman–Crippen MR) is 86.2 cm³/mol. The van der Waals surface area contributed by atoms with Crippen molar-refractivity contribution in [2.45, 2.75) is 12.8 Å². The van der Waals surface area contributed by atoms with Crippen molar-refractivity contribution < 1.29 is 9.59 Å². The Morgan fingerprint density at radius 2 is 1.80 bits per heavy atom. The van der Waals surface area contributed by atoms with E-state index in [4.69, 9.17) is 0 Å². The van der Waals surface area contributed by atoms with Gasteiger partial charge in [-0.15, -0.1) is 12.4 Å². The van der Waals surface area contributed by atoms with Crippen LogP contribution in [0.3, 0.4) is 0 Å². The van der Waals surface area contributed by atoms with Gasteiger partial charge in [0.2, 0.25) is 11.8 Å². The van der Waals surface area contributed by atoms with Crippen LogP contribution in [0.2, 0.25) is 0 Å². The second-order valence-electron chi connectivity index (χ2n) is 4.04. The Morgan fingerprint density at radius 1 is 1.15 bits per heavy atom. The molecule has 5 nitrogen and oxygen atoms in total. The number of halogens is 2. The Morgan fingerprint density at radius 3 is 2.40 bits per heavy atom. The van der Waals surface area contributed by atoms with E-state index < -0.39 is 0 Å². The Hall–Kier alpha value is -1.11. The van der Waals surface area contributed by atoms with Gasteiger partial charge in [-0.25, -0.2) is 0 Å². The first-order valence-corrected chi connectivity index (χ1v) is 6.88. The molecule has 0 aliphatic carbocycles. The Kier molecular flexibility index (Phi) is 10.1. The average molecular weight is 365 g/mol. The summed E-state index contributed by atoms with van der Waals surface area (Å²) in [7, 11) is 1.84. The van der Waals surface area contributed by atoms with Gasteiger partial charge < -0.3 is 16.0 Å². The van der Waals surface area contributed by atoms with Crippen molar-refractivity contribution in [1.82, 2.24) is 10.6 Å². The third-order valence-electron chi connectivity index (χ3n) is 2.40. The first kappa shape index (κ1) is 18.9. The molecule has 2 amide bonds. The van der Waals surface area contributed by atoms with E-state index >= 15 is 0 Å². The molecule has 0 saturated carbocycles. The fraction of sp³-hybridized carbons (Fsp3) is 0.385. The summed E-state index contributed by atoms with van der Waals surface area (Å²) in [6.45, 7) is 0.785. The molecule has 20 heavy (non-hydrogen) atoms. The third-order valence-corrected chi connectivity index (χ3v) is 2.93. The van der Waals surface area contributed by atoms with Crippen LogP contribution in [0.4, 0.5) is 5.69 Å². The molecular formula is C13H19BrClN3O2. The van der Waals surface area contributed by atoms with Crippen LogP contribution >= 0.6 is 28.3 Å². The number of nitrogens with one attached hydrogen (secondary N) is 3. The zero-order valence-electron chi connectivity index (χ0n) is 11.2. The lowest BCUT2D eigenvalue weighted by atomic mass is 10.3. The molecule has 0 atom stereocenters. The molecule has 0 radical (unpaired) electrons. The Balaban J connectivity index is 0.00000361. The molecule has 0 fully saturated rings. The average Bonchev–Trinajstić information content (AvgIpc) is 2.39. The van der Waals surface area contributed by atoms with Crippen molar-refractivity contribution in [1.29, 1.82) is 0 Å². The van der Waals surface area contributed by atoms with Crippen LogP contribution < -0.4 is 16.0 Å². The first-order valence-electron chi connectivity index (χ1n) is 6.08. The van der Waals surface area contributed by atoms with Gasteiger partial charge in [-0.05, 0) is 44.3 Å². The zero-order valence-corrected chi connectivity index (χ0v) is 13.6. The molecule has 3 N–H and O–H groups in total. The van der Waals surface area contributed by atoms with Gasteiger partial charge in [0.1, 0.15) is 0 Å². The second-order valence-corrected chi connectivity index (χ2v) is 4.95. The highest BCUT2D eigenvalue weighted by Crippen LogP contribution is 2.13. The number of anilines is 1. The number of hydrogen-bond acceptors (Lipinski definition) is 3. The van der Waals surface area contributed by atoms with Crippen LogP contribution in [0.15, 0.2) is 28.7 Å². The summed E-state index contributed by atoms with van der Waals surface area (Å²) >= 11 is 3.32. The van der Waals surface area contributed by atoms with Crippen molar-refractivity contribution in [2.24, 2.45) is 0 Å². The second kappa shape index (κ2) is 10.7. The molecule has 0 spiro atoms. The van der Waals surface area contributed by atoms with Gasteiger partial charge in [-0.2, -0.15) is 0 Å². The lowest BCUT2D eigenvalue weighted by Crippen LogP contribution is -2.33. The molecule has 1 rings (SSSR count). The number of amides is 2. The van der Waals surface area contributed by atoms with Gasteiger partial charge >= 0.3 is 0 Å². The number of hydrogen-bond donors (Lipinski definition) is 3. The summed E-state index contributed by atoms with van der Waals surface area (Å²) in [4.78, 5) is 23.0. The molecule has 0 unspecified atom stereocenters. The third kappa shape index (κ3) is 8.14. The smallest absolute Gasteiger partial charge is 0.243 e. The Labute approximate surface area is 133 Å². The van der Waals surface area contributed by atoms with E-state index in [0.29, 0.717) is 12.1 Å². The van der Waals surface area contributed by atoms with Crippen LogP contribution in [-0.2, 0) is 9.59 Å². The molecule has 0 aliphatic rings. The summed E-state index contributed by atoms with van der Waals surface area (Å²) < 4.78 is 0.948. The fourth-order valence-electron chi connectivity index (χ4n) is 1.43. The summed E-state index contributed by atoms with van der Waals surface area (Å²) in [5, 5.41) is 8.25. The van der Waals surface area contributed by atoms with Gasteiger partial charge in [-0.3, -0.25) is 9.59 Å². The highest BCUT2D eigenvalue weighted by Gasteiger charge is 2.05. The van der Waals surface area contributed by atoms with Gasteiger partial charge in [-0.1, -0.05) is 15.9 Å². The maximum absolute atomic E-state index is 11.6. The van der Waals surface area contributed by atoms with Gasteiger partial charge in [0.05, 0.1) is 6.54 Å². The molecule has 0 aromatic heterocycles. The summed E-state index contributed by atoms with van der Waals surface area (Å²) in [6, 6.07) is 7.26. The van der Waals surface area contributed by atoms with Crippen molar-refractivity contribution in [3.63, 3.8) is 0 Å². The minimum absolute atomic E-state index is 0. The van der Waals surface area contributed by atoms with Gasteiger partial charge in [0.25, 0.3) is 0 Å². The fourth-order valence-corrected chi connectivity index (χ4v) is 1.70. The molecule has 0 saturated heterocycles. The van der Waals surface area contributed by atoms with E-state index in [1.165, 1.54) is 0 Å². The SMILES string of the molecule is CNCCCC(=O)NCC(=O)Nc1ccc(Br)cc1.Cl. The van der Waals surface area contributed by atoms with Crippen molar-refractivity contribution in [3.05, 3.63) is 28.7 Å². The van der Waals surface area contributed by atoms with Crippen LogP contribution in [-0.4, -0.2) is 32.0 Å². The van der Waals surface area contributed by atoms with E-state index in [9.17, 15) is 9.59 Å². The molecule has 1 aromatic rings. The predicted octanol–water partition coefficient (Wildman–Crippen LogP) is 1.93. The standard InChI is InChI=1S/C13H18BrN3O2.ClH/c1-15-8-2-3-12(18)16-9-13(19)17-11-6-4-10(14)5-7-11;/h4-7,15H,2-3,8-9H2,1H3,(H,16,18)(H,17,19);1H. The minimum Gasteiger partial charge on any atom is -0.347 e. The Bertz CT molecular complexity index is 426. The van der Waals surface area contributed by atoms with Crippen LogP contribution in [0, 0.1) is 0 Å². The maximum atomic E-state index is 11.6. The van der Waals surface area contributed by atoms with E-state index in [-0.39, 0.29) is 30.8 Å². The van der Waals surface area contributed by atoms with Crippen molar-refractivity contribution in [3.8, 4) is 0 Å². The first-order chi connectivity index (χ1) is 9.11. The quantitative estimate of drug-likeness (QED) is 0.647. The molecule has 0 bridgehead atoms. The van der Waals surface area contributed by atoms with Crippen molar-refractivity contribution in [2.75, 3.05) is 25.5 Å². The van der Waals surface area contributed by atoms with Gasteiger partial charge in [0, 0.05) is 16.6 Å². The van der Waals surface area contributed by atoms with Crippen LogP contribution in [0.1, 0.15) is 12.8 Å². The van der Waals surface area contributed by atoms with Gasteiger partial charge in [0.15, 0.2) is 0 Å². The molecule has 0 aliphatic heterocycles. The molecule has 112 valence electrons. The summed E-state index contributed by atoms with van der Waals surface area (Å²) in [5.41, 5.74) is 0.706. The van der Waals surface area contributed by atoms with Crippen molar-refractivity contribution >= 4 is 45.8 Å². The molecule has 7 heteroatoms. The topological polar surface area (TPSA) is 70.2 Å². The number of rotatable bonds is 7. The zero-order chi connectivity index (χ0) is 14.1. The number of carbonyl (C=O) groups is 2. The highest BCUT2D eigenvalue weighted by molar-refractivity contribution is 9.10. The molecular weight excluding hydrogens is 346 g/mol. The molecule has 1 aromatic carbocycles. The largest absolute Gasteiger partial charge is 0.347 e. The van der Waals surface area contributed by atoms with E-state index in [1.54, 1.807) is 12.1 Å². The van der Waals surface area contributed by atoms with Crippen LogP contribution in [0.5, 0.6) is 0 Å². The summed E-state index contributed by atoms with van der Waals surface area (Å²) in [6.07, 6.45) is 1.18. The van der Waals surface area contributed by atoms with Crippen LogP contribution in [0.25, 0.3) is 0 Å². The number of carbonyl (C=O) groups excluding carboxylic acids is 2. The monoisotopic (exact) mass is 363 g/mol. The molecule has 0 heterocycles. The number of benzene rings is 1. The lowest BCUT2D eigenvalue weighted by molar-refractivity contribution is -0.124. The summed E-state index contributed by atoms with van der Waals surface area (Å²) in [5.74, 6) is -0.342. The lowest BCUT2D eigenvalue weighted by Gasteiger charge is -2.07. The highest BCUT2D eigenvalue weighted by atomic mass is 79.9. The van der Waals surface area contributed by atoms with E-state index in [0.717, 1.165) is 17.4 Å². The van der Waals surface area contributed by atoms with E-state index in [2.05, 4.69) is 31.9 Å². The van der Waals surface area contributed by atoms with E-state index in [1.807, 2.05) is 19.2 Å².